The fourth-order valence-electron chi connectivity index (χ4n) is 16.4. The van der Waals surface area contributed by atoms with Gasteiger partial charge in [-0.15, -0.1) is 0 Å². The molecule has 0 radical (unpaired) electrons. The summed E-state index contributed by atoms with van der Waals surface area (Å²) in [5, 5.41) is 14.1. The van der Waals surface area contributed by atoms with E-state index < -0.39 is 0 Å². The average Bonchev–Trinajstić information content (AvgIpc) is 1.61. The Morgan fingerprint density at radius 2 is 0.408 bits per heavy atom. The van der Waals surface area contributed by atoms with E-state index in [0.29, 0.717) is 0 Å². The SMILES string of the molecule is Cc1ccc(-c2ccc3c(c2)oc2ccccc23)cc1.Cc1ccc(-c2ccc3oc4ccccc4c3c2)cc1.Cc1ccc(-c2cccc3c2oc2ccccc23)cc1.Cc1cccc(-c2ccc3oc4ccccc4c3c2)c1.Cc1cccc(-c2cccc3c2oc2ccccc23)c1.Cc1ccccc1-c1cccc2c1oc1ccccc12. The van der Waals surface area contributed by atoms with Crippen LogP contribution in [0.1, 0.15) is 33.4 Å². The zero-order chi connectivity index (χ0) is 81.2. The minimum atomic E-state index is 0.946. The van der Waals surface area contributed by atoms with Crippen molar-refractivity contribution in [3.63, 3.8) is 0 Å². The topological polar surface area (TPSA) is 78.8 Å². The van der Waals surface area contributed by atoms with E-state index in [0.717, 1.165) is 83.7 Å². The molecule has 0 saturated carbocycles. The molecule has 0 N–H and O–H groups in total. The van der Waals surface area contributed by atoms with Gasteiger partial charge in [0.25, 0.3) is 0 Å². The lowest BCUT2D eigenvalue weighted by molar-refractivity contribution is 0.668. The van der Waals surface area contributed by atoms with Gasteiger partial charge in [-0.1, -0.05) is 355 Å². The van der Waals surface area contributed by atoms with Gasteiger partial charge in [-0.2, -0.15) is 0 Å². The Morgan fingerprint density at radius 3 is 0.858 bits per heavy atom. The summed E-state index contributed by atoms with van der Waals surface area (Å²) >= 11 is 0. The summed E-state index contributed by atoms with van der Waals surface area (Å²) in [5.74, 6) is 0. The van der Waals surface area contributed by atoms with Gasteiger partial charge < -0.3 is 26.5 Å². The molecule has 576 valence electrons. The highest BCUT2D eigenvalue weighted by Gasteiger charge is 2.18. The summed E-state index contributed by atoms with van der Waals surface area (Å²) in [7, 11) is 0. The average molecular weight is 1550 g/mol. The van der Waals surface area contributed by atoms with Gasteiger partial charge in [0.15, 0.2) is 0 Å². The molecule has 0 saturated heterocycles. The van der Waals surface area contributed by atoms with E-state index in [4.69, 9.17) is 26.5 Å². The van der Waals surface area contributed by atoms with Crippen molar-refractivity contribution in [1.29, 1.82) is 0 Å². The molecule has 0 unspecified atom stereocenters. The van der Waals surface area contributed by atoms with Gasteiger partial charge in [0.2, 0.25) is 0 Å². The molecule has 24 rings (SSSR count). The van der Waals surface area contributed by atoms with Gasteiger partial charge in [-0.3, -0.25) is 0 Å². The van der Waals surface area contributed by atoms with Crippen molar-refractivity contribution in [2.75, 3.05) is 0 Å². The number of hydrogen-bond donors (Lipinski definition) is 0. The molecule has 6 nitrogen and oxygen atoms in total. The molecule has 0 spiro atoms. The first kappa shape index (κ1) is 74.8. The smallest absolute Gasteiger partial charge is 0.143 e. The Kier molecular flexibility index (Phi) is 20.5. The molecule has 0 amide bonds. The Balaban J connectivity index is 0.0000000952. The van der Waals surface area contributed by atoms with Gasteiger partial charge in [0.1, 0.15) is 67.0 Å². The van der Waals surface area contributed by atoms with Crippen molar-refractivity contribution in [2.24, 2.45) is 0 Å². The highest BCUT2D eigenvalue weighted by Crippen LogP contribution is 2.42. The Bertz CT molecular complexity index is 7820. The molecule has 18 aromatic carbocycles. The molecule has 0 aliphatic carbocycles. The molecule has 0 bridgehead atoms. The zero-order valence-electron chi connectivity index (χ0n) is 67.6. The molecule has 6 heteroatoms. The second-order valence-corrected chi connectivity index (χ2v) is 30.9. The summed E-state index contributed by atoms with van der Waals surface area (Å²) in [6.45, 7) is 12.7. The standard InChI is InChI=1S/6C19H14O/c1-13-6-4-7-14(12-13)15-9-5-10-17-16-8-2-3-11-18(16)20-19(15)17;1-13-7-2-3-8-14(13)16-10-6-11-17-15-9-4-5-12-18(15)20-19(16)17;1-13-5-4-6-14(11-13)15-9-10-19-17(12-15)16-7-2-3-8-18(16)20-19;1-13-9-11-14(12-10-13)15-6-4-7-17-16-5-2-3-8-18(16)20-19(15)17;1-13-6-8-14(9-7-13)15-10-11-19-17(12-15)16-4-2-3-5-18(16)20-19;1-13-6-8-14(9-7-13)15-10-11-17-16-4-2-3-5-18(16)20-19(17)12-15/h6*2-12H,1H3. The highest BCUT2D eigenvalue weighted by molar-refractivity contribution is 6.13. The molecule has 0 aliphatic heterocycles. The third-order valence-electron chi connectivity index (χ3n) is 22.6. The van der Waals surface area contributed by atoms with E-state index in [9.17, 15) is 0 Å². The lowest BCUT2D eigenvalue weighted by Crippen LogP contribution is -1.82. The molecule has 0 aliphatic rings. The summed E-state index contributed by atoms with van der Waals surface area (Å²) in [6.07, 6.45) is 0. The first-order valence-corrected chi connectivity index (χ1v) is 40.8. The number of furan rings is 6. The van der Waals surface area contributed by atoms with Crippen LogP contribution in [0.25, 0.3) is 198 Å². The van der Waals surface area contributed by atoms with Crippen LogP contribution < -0.4 is 0 Å². The molecule has 6 heterocycles. The quantitative estimate of drug-likeness (QED) is 0.165. The summed E-state index contributed by atoms with van der Waals surface area (Å²) in [5.41, 5.74) is 33.5. The van der Waals surface area contributed by atoms with Crippen LogP contribution in [0.5, 0.6) is 0 Å². The third-order valence-corrected chi connectivity index (χ3v) is 22.6. The first-order valence-electron chi connectivity index (χ1n) is 40.8. The molecule has 0 fully saturated rings. The lowest BCUT2D eigenvalue weighted by atomic mass is 9.98. The van der Waals surface area contributed by atoms with Crippen molar-refractivity contribution in [3.05, 3.63) is 434 Å². The largest absolute Gasteiger partial charge is 0.456 e. The maximum atomic E-state index is 6.09. The van der Waals surface area contributed by atoms with Gasteiger partial charge in [0.05, 0.1) is 0 Å². The maximum Gasteiger partial charge on any atom is 0.143 e. The molecule has 24 aromatic rings. The molecule has 0 atom stereocenters. The monoisotopic (exact) mass is 1550 g/mol. The van der Waals surface area contributed by atoms with Crippen LogP contribution >= 0.6 is 0 Å². The summed E-state index contributed by atoms with van der Waals surface area (Å²) in [4.78, 5) is 0. The van der Waals surface area contributed by atoms with E-state index in [1.807, 2.05) is 78.9 Å². The highest BCUT2D eigenvalue weighted by atomic mass is 16.3. The van der Waals surface area contributed by atoms with Crippen LogP contribution in [0, 0.1) is 41.5 Å². The van der Waals surface area contributed by atoms with Crippen LogP contribution in [-0.4, -0.2) is 0 Å². The van der Waals surface area contributed by atoms with Gasteiger partial charge >= 0.3 is 0 Å². The van der Waals surface area contributed by atoms with E-state index in [1.165, 1.54) is 148 Å². The number of hydrogen-bond acceptors (Lipinski definition) is 6. The lowest BCUT2D eigenvalue weighted by Gasteiger charge is -2.06. The van der Waals surface area contributed by atoms with Crippen molar-refractivity contribution in [2.45, 2.75) is 41.5 Å². The fourth-order valence-corrected chi connectivity index (χ4v) is 16.4. The third kappa shape index (κ3) is 15.2. The Morgan fingerprint density at radius 1 is 0.133 bits per heavy atom. The van der Waals surface area contributed by atoms with Crippen molar-refractivity contribution < 1.29 is 26.5 Å². The molecular formula is C114H84O6. The Labute approximate surface area is 695 Å². The van der Waals surface area contributed by atoms with Crippen LogP contribution in [0.2, 0.25) is 0 Å². The normalized spacial score (nSPS) is 11.2. The number of rotatable bonds is 6. The van der Waals surface area contributed by atoms with Crippen molar-refractivity contribution in [3.8, 4) is 66.8 Å². The van der Waals surface area contributed by atoms with Crippen LogP contribution in [-0.2, 0) is 0 Å². The zero-order valence-corrected chi connectivity index (χ0v) is 67.6. The van der Waals surface area contributed by atoms with Gasteiger partial charge in [-0.25, -0.2) is 0 Å². The van der Waals surface area contributed by atoms with Crippen molar-refractivity contribution >= 4 is 132 Å². The van der Waals surface area contributed by atoms with Gasteiger partial charge in [0, 0.05) is 81.3 Å². The van der Waals surface area contributed by atoms with E-state index in [-0.39, 0.29) is 0 Å². The van der Waals surface area contributed by atoms with E-state index >= 15 is 0 Å². The minimum absolute atomic E-state index is 0.946. The van der Waals surface area contributed by atoms with E-state index in [2.05, 4.69) is 363 Å². The maximum absolute atomic E-state index is 6.09. The minimum Gasteiger partial charge on any atom is -0.456 e. The number of para-hydroxylation sites is 9. The van der Waals surface area contributed by atoms with E-state index in [1.54, 1.807) is 0 Å². The van der Waals surface area contributed by atoms with Crippen molar-refractivity contribution in [1.82, 2.24) is 0 Å². The van der Waals surface area contributed by atoms with Gasteiger partial charge in [-0.05, 0) is 170 Å². The summed E-state index contributed by atoms with van der Waals surface area (Å²) < 4.78 is 35.9. The van der Waals surface area contributed by atoms with Crippen LogP contribution in [0.3, 0.4) is 0 Å². The molecular weight excluding hydrogens is 1470 g/mol. The predicted molar refractivity (Wildman–Crippen MR) is 503 cm³/mol. The second kappa shape index (κ2) is 32.8. The molecule has 120 heavy (non-hydrogen) atoms. The fraction of sp³-hybridized carbons (Fsp3) is 0.0526. The number of benzene rings is 18. The van der Waals surface area contributed by atoms with Crippen LogP contribution in [0.4, 0.5) is 0 Å². The molecule has 6 aromatic heterocycles. The van der Waals surface area contributed by atoms with Crippen LogP contribution in [0.15, 0.2) is 427 Å². The Hall–Kier alpha value is -15.2. The predicted octanol–water partition coefficient (Wildman–Crippen LogP) is 33.4. The number of fused-ring (bicyclic) bond motifs is 18. The second-order valence-electron chi connectivity index (χ2n) is 30.9. The first-order chi connectivity index (χ1) is 58.9. The summed E-state index contributed by atoms with van der Waals surface area (Å²) in [6, 6.07) is 139. The number of aryl methyl sites for hydroxylation is 6.